The molecule has 2 aromatic carbocycles. The average molecular weight is 513 g/mol. The van der Waals surface area contributed by atoms with Crippen molar-refractivity contribution in [3.05, 3.63) is 58.1 Å². The van der Waals surface area contributed by atoms with E-state index in [1.54, 1.807) is 12.1 Å². The van der Waals surface area contributed by atoms with Crippen molar-refractivity contribution in [2.75, 3.05) is 37.3 Å². The van der Waals surface area contributed by atoms with Crippen molar-refractivity contribution in [1.82, 2.24) is 9.88 Å². The molecule has 0 atom stereocenters. The Labute approximate surface area is 202 Å². The van der Waals surface area contributed by atoms with Gasteiger partial charge in [-0.3, -0.25) is 19.8 Å². The van der Waals surface area contributed by atoms with Crippen molar-refractivity contribution in [3.63, 3.8) is 0 Å². The molecule has 33 heavy (non-hydrogen) atoms. The molecule has 9 nitrogen and oxygen atoms in total. The van der Waals surface area contributed by atoms with Crippen LogP contribution < -0.4 is 4.90 Å². The third-order valence-electron chi connectivity index (χ3n) is 5.11. The molecule has 0 N–H and O–H groups in total. The summed E-state index contributed by atoms with van der Waals surface area (Å²) in [6, 6.07) is 10.3. The van der Waals surface area contributed by atoms with E-state index in [1.807, 2.05) is 13.8 Å². The van der Waals surface area contributed by atoms with Crippen molar-refractivity contribution in [1.29, 1.82) is 0 Å². The number of benzene rings is 2. The van der Waals surface area contributed by atoms with Crippen LogP contribution >= 0.6 is 23.7 Å². The Balaban J connectivity index is 0.00000385. The fourth-order valence-electron chi connectivity index (χ4n) is 3.27. The van der Waals surface area contributed by atoms with Crippen LogP contribution in [0.25, 0.3) is 10.2 Å². The first kappa shape index (κ1) is 26.7. The minimum atomic E-state index is -3.49. The van der Waals surface area contributed by atoms with Crippen LogP contribution in [0.1, 0.15) is 24.2 Å². The SMILES string of the molecule is CCN(CC)CCN(C(=O)c1ccc([N+](=O)[O-])cc1)c1nc2c(S(C)(=O)=O)cccc2s1.Cl. The molecule has 0 bridgehead atoms. The third-order valence-corrected chi connectivity index (χ3v) is 7.28. The van der Waals surface area contributed by atoms with Gasteiger partial charge in [0.1, 0.15) is 5.52 Å². The van der Waals surface area contributed by atoms with Crippen LogP contribution in [0.3, 0.4) is 0 Å². The highest BCUT2D eigenvalue weighted by Crippen LogP contribution is 2.33. The lowest BCUT2D eigenvalue weighted by Gasteiger charge is -2.24. The molecule has 0 saturated heterocycles. The lowest BCUT2D eigenvalue weighted by Crippen LogP contribution is -2.38. The predicted octanol–water partition coefficient (Wildman–Crippen LogP) is 4.02. The van der Waals surface area contributed by atoms with Gasteiger partial charge in [-0.15, -0.1) is 12.4 Å². The van der Waals surface area contributed by atoms with Gasteiger partial charge in [-0.2, -0.15) is 0 Å². The van der Waals surface area contributed by atoms with Crippen LogP contribution in [0.5, 0.6) is 0 Å². The van der Waals surface area contributed by atoms with E-state index in [2.05, 4.69) is 9.88 Å². The maximum absolute atomic E-state index is 13.4. The summed E-state index contributed by atoms with van der Waals surface area (Å²) in [5.74, 6) is -0.355. The molecule has 0 aliphatic rings. The first-order chi connectivity index (χ1) is 15.2. The monoisotopic (exact) mass is 512 g/mol. The highest BCUT2D eigenvalue weighted by atomic mass is 35.5. The van der Waals surface area contributed by atoms with Gasteiger partial charge in [0.25, 0.3) is 11.6 Å². The molecule has 1 amide bonds. The second kappa shape index (κ2) is 11.0. The van der Waals surface area contributed by atoms with Crippen molar-refractivity contribution in [2.24, 2.45) is 0 Å². The number of hydrogen-bond acceptors (Lipinski definition) is 8. The standard InChI is InChI=1S/C21H24N4O5S2.ClH/c1-4-23(5-2)13-14-24(20(26)15-9-11-16(12-10-15)25(27)28)21-22-19-17(31-21)7-6-8-18(19)32(3,29)30;/h6-12H,4-5,13-14H2,1-3H3;1H. The molecular weight excluding hydrogens is 488 g/mol. The number of hydrogen-bond donors (Lipinski definition) is 0. The molecular formula is C21H25ClN4O5S2. The normalized spacial score (nSPS) is 11.4. The molecule has 0 aliphatic carbocycles. The number of sulfone groups is 1. The summed E-state index contributed by atoms with van der Waals surface area (Å²) in [6.07, 6.45) is 1.13. The van der Waals surface area contributed by atoms with Gasteiger partial charge in [0.05, 0.1) is 14.5 Å². The van der Waals surface area contributed by atoms with Crippen LogP contribution in [0.2, 0.25) is 0 Å². The summed E-state index contributed by atoms with van der Waals surface area (Å²) in [7, 11) is -3.49. The van der Waals surface area contributed by atoms with Crippen LogP contribution in [0.15, 0.2) is 47.4 Å². The van der Waals surface area contributed by atoms with Gasteiger partial charge in [-0.1, -0.05) is 31.3 Å². The van der Waals surface area contributed by atoms with Gasteiger partial charge in [0.2, 0.25) is 0 Å². The number of carbonyl (C=O) groups excluding carboxylic acids is 1. The molecule has 178 valence electrons. The summed E-state index contributed by atoms with van der Waals surface area (Å²) < 4.78 is 25.0. The molecule has 12 heteroatoms. The smallest absolute Gasteiger partial charge is 0.269 e. The van der Waals surface area contributed by atoms with E-state index in [0.29, 0.717) is 28.4 Å². The number of nitrogens with zero attached hydrogens (tertiary/aromatic N) is 4. The summed E-state index contributed by atoms with van der Waals surface area (Å²) >= 11 is 1.24. The summed E-state index contributed by atoms with van der Waals surface area (Å²) in [5.41, 5.74) is 0.520. The van der Waals surface area contributed by atoms with E-state index in [-0.39, 0.29) is 34.5 Å². The van der Waals surface area contributed by atoms with E-state index in [1.165, 1.54) is 46.6 Å². The van der Waals surface area contributed by atoms with Gasteiger partial charge in [0.15, 0.2) is 15.0 Å². The summed E-state index contributed by atoms with van der Waals surface area (Å²) in [5, 5.41) is 11.3. The number of anilines is 1. The van der Waals surface area contributed by atoms with Gasteiger partial charge < -0.3 is 4.90 Å². The highest BCUT2D eigenvalue weighted by Gasteiger charge is 2.24. The van der Waals surface area contributed by atoms with Gasteiger partial charge in [-0.05, 0) is 37.4 Å². The number of thiazole rings is 1. The number of nitro groups is 1. The molecule has 0 radical (unpaired) electrons. The number of aromatic nitrogens is 1. The van der Waals surface area contributed by atoms with Gasteiger partial charge >= 0.3 is 0 Å². The van der Waals surface area contributed by atoms with E-state index in [4.69, 9.17) is 0 Å². The number of amides is 1. The lowest BCUT2D eigenvalue weighted by atomic mass is 10.2. The first-order valence-electron chi connectivity index (χ1n) is 10.0. The van der Waals surface area contributed by atoms with E-state index < -0.39 is 14.8 Å². The Kier molecular flexibility index (Phi) is 8.89. The largest absolute Gasteiger partial charge is 0.302 e. The van der Waals surface area contributed by atoms with E-state index in [9.17, 15) is 23.3 Å². The van der Waals surface area contributed by atoms with Crippen LogP contribution in [0, 0.1) is 10.1 Å². The van der Waals surface area contributed by atoms with Gasteiger partial charge in [0, 0.05) is 37.0 Å². The quantitative estimate of drug-likeness (QED) is 0.314. The molecule has 3 rings (SSSR count). The Morgan fingerprint density at radius 1 is 1.09 bits per heavy atom. The van der Waals surface area contributed by atoms with E-state index >= 15 is 0 Å². The Morgan fingerprint density at radius 2 is 1.73 bits per heavy atom. The zero-order valence-corrected chi connectivity index (χ0v) is 20.9. The second-order valence-corrected chi connectivity index (χ2v) is 10.2. The van der Waals surface area contributed by atoms with Crippen LogP contribution in [-0.4, -0.2) is 61.6 Å². The number of nitro benzene ring substituents is 1. The summed E-state index contributed by atoms with van der Waals surface area (Å²) in [6.45, 7) is 6.62. The third kappa shape index (κ3) is 6.05. The minimum absolute atomic E-state index is 0. The molecule has 0 unspecified atom stereocenters. The van der Waals surface area contributed by atoms with Gasteiger partial charge in [-0.25, -0.2) is 13.4 Å². The molecule has 1 aromatic heterocycles. The van der Waals surface area contributed by atoms with Crippen LogP contribution in [-0.2, 0) is 9.84 Å². The zero-order chi connectivity index (χ0) is 23.5. The molecule has 0 fully saturated rings. The number of fused-ring (bicyclic) bond motifs is 1. The number of halogens is 1. The fourth-order valence-corrected chi connectivity index (χ4v) is 5.19. The molecule has 3 aromatic rings. The summed E-state index contributed by atoms with van der Waals surface area (Å²) in [4.78, 5) is 32.1. The van der Waals surface area contributed by atoms with Crippen molar-refractivity contribution < 1.29 is 18.1 Å². The molecule has 1 heterocycles. The Morgan fingerprint density at radius 3 is 2.27 bits per heavy atom. The Hall–Kier alpha value is -2.60. The molecule has 0 aliphatic heterocycles. The number of likely N-dealkylation sites (N-methyl/N-ethyl adjacent to an activating group) is 1. The highest BCUT2D eigenvalue weighted by molar-refractivity contribution is 7.91. The number of carbonyl (C=O) groups is 1. The number of para-hydroxylation sites is 1. The molecule has 0 spiro atoms. The zero-order valence-electron chi connectivity index (χ0n) is 18.4. The predicted molar refractivity (Wildman–Crippen MR) is 133 cm³/mol. The average Bonchev–Trinajstić information content (AvgIpc) is 3.19. The fraction of sp³-hybridized carbons (Fsp3) is 0.333. The maximum Gasteiger partial charge on any atom is 0.269 e. The second-order valence-electron chi connectivity index (χ2n) is 7.16. The van der Waals surface area contributed by atoms with Crippen molar-refractivity contribution in [2.45, 2.75) is 18.7 Å². The lowest BCUT2D eigenvalue weighted by molar-refractivity contribution is -0.384. The minimum Gasteiger partial charge on any atom is -0.302 e. The number of rotatable bonds is 9. The first-order valence-corrected chi connectivity index (χ1v) is 12.7. The topological polar surface area (TPSA) is 114 Å². The maximum atomic E-state index is 13.4. The van der Waals surface area contributed by atoms with Crippen molar-refractivity contribution in [3.8, 4) is 0 Å². The van der Waals surface area contributed by atoms with Crippen LogP contribution in [0.4, 0.5) is 10.8 Å². The van der Waals surface area contributed by atoms with E-state index in [0.717, 1.165) is 19.3 Å². The van der Waals surface area contributed by atoms with Crippen molar-refractivity contribution >= 4 is 60.5 Å². The number of non-ortho nitro benzene ring substituents is 1. The Bertz CT molecular complexity index is 1240. The molecule has 0 saturated carbocycles.